The van der Waals surface area contributed by atoms with E-state index in [1.807, 2.05) is 35.2 Å². The molecule has 1 atom stereocenters. The Morgan fingerprint density at radius 2 is 1.80 bits per heavy atom. The van der Waals surface area contributed by atoms with Gasteiger partial charge in [0.05, 0.1) is 26.9 Å². The Morgan fingerprint density at radius 3 is 2.52 bits per heavy atom. The number of ether oxygens (including phenoxy) is 3. The third-order valence-electron chi connectivity index (χ3n) is 4.19. The van der Waals surface area contributed by atoms with E-state index in [1.165, 1.54) is 0 Å². The van der Waals surface area contributed by atoms with Gasteiger partial charge in [0.1, 0.15) is 22.6 Å². The minimum Gasteiger partial charge on any atom is -0.497 e. The van der Waals surface area contributed by atoms with E-state index < -0.39 is 0 Å². The molecule has 0 bridgehead atoms. The number of amides is 1. The number of para-hydroxylation sites is 1. The summed E-state index contributed by atoms with van der Waals surface area (Å²) in [5.41, 5.74) is 1.51. The predicted molar refractivity (Wildman–Crippen MR) is 98.8 cm³/mol. The Balaban J connectivity index is 1.97. The molecular formula is C19H21NO4S. The van der Waals surface area contributed by atoms with Crippen molar-refractivity contribution in [2.45, 2.75) is 5.37 Å². The van der Waals surface area contributed by atoms with Gasteiger partial charge in [-0.2, -0.15) is 0 Å². The summed E-state index contributed by atoms with van der Waals surface area (Å²) in [6, 6.07) is 13.0. The van der Waals surface area contributed by atoms with Crippen LogP contribution in [-0.4, -0.2) is 44.4 Å². The average Bonchev–Trinajstić information content (AvgIpc) is 3.16. The van der Waals surface area contributed by atoms with Crippen molar-refractivity contribution in [3.05, 3.63) is 53.6 Å². The maximum Gasteiger partial charge on any atom is 0.258 e. The van der Waals surface area contributed by atoms with E-state index in [2.05, 4.69) is 0 Å². The molecule has 5 nitrogen and oxygen atoms in total. The molecule has 0 radical (unpaired) electrons. The highest BCUT2D eigenvalue weighted by Gasteiger charge is 2.34. The van der Waals surface area contributed by atoms with Crippen molar-refractivity contribution >= 4 is 17.7 Å². The van der Waals surface area contributed by atoms with E-state index in [0.717, 1.165) is 22.8 Å². The summed E-state index contributed by atoms with van der Waals surface area (Å²) >= 11 is 1.72. The van der Waals surface area contributed by atoms with Gasteiger partial charge in [-0.1, -0.05) is 12.1 Å². The van der Waals surface area contributed by atoms with Crippen molar-refractivity contribution in [3.63, 3.8) is 0 Å². The molecule has 1 aliphatic heterocycles. The zero-order valence-corrected chi connectivity index (χ0v) is 15.3. The third-order valence-corrected chi connectivity index (χ3v) is 5.43. The topological polar surface area (TPSA) is 48.0 Å². The number of hydrogen-bond donors (Lipinski definition) is 0. The van der Waals surface area contributed by atoms with Gasteiger partial charge in [0.25, 0.3) is 5.91 Å². The van der Waals surface area contributed by atoms with Gasteiger partial charge in [0, 0.05) is 17.9 Å². The molecule has 25 heavy (non-hydrogen) atoms. The molecule has 0 aromatic heterocycles. The number of hydrogen-bond acceptors (Lipinski definition) is 5. The summed E-state index contributed by atoms with van der Waals surface area (Å²) in [6.07, 6.45) is 0. The van der Waals surface area contributed by atoms with Gasteiger partial charge in [-0.3, -0.25) is 4.79 Å². The minimum absolute atomic E-state index is 0.0441. The largest absolute Gasteiger partial charge is 0.497 e. The fourth-order valence-corrected chi connectivity index (χ4v) is 4.21. The number of carbonyl (C=O) groups excluding carboxylic acids is 1. The summed E-state index contributed by atoms with van der Waals surface area (Å²) in [5, 5.41) is -0.123. The number of benzene rings is 2. The van der Waals surface area contributed by atoms with Crippen molar-refractivity contribution in [1.29, 1.82) is 0 Å². The first-order valence-corrected chi connectivity index (χ1v) is 9.02. The molecular weight excluding hydrogens is 338 g/mol. The molecule has 3 rings (SSSR count). The summed E-state index contributed by atoms with van der Waals surface area (Å²) in [5.74, 6) is 2.90. The summed E-state index contributed by atoms with van der Waals surface area (Å²) in [6.45, 7) is 0.673. The van der Waals surface area contributed by atoms with Crippen molar-refractivity contribution in [2.24, 2.45) is 0 Å². The highest BCUT2D eigenvalue weighted by Crippen LogP contribution is 2.44. The molecule has 1 amide bonds. The van der Waals surface area contributed by atoms with Crippen LogP contribution in [-0.2, 0) is 0 Å². The van der Waals surface area contributed by atoms with Crippen LogP contribution in [0.15, 0.2) is 42.5 Å². The summed E-state index contributed by atoms with van der Waals surface area (Å²) in [7, 11) is 4.84. The van der Waals surface area contributed by atoms with Crippen LogP contribution in [0.25, 0.3) is 0 Å². The van der Waals surface area contributed by atoms with Gasteiger partial charge >= 0.3 is 0 Å². The van der Waals surface area contributed by atoms with Gasteiger partial charge in [-0.25, -0.2) is 0 Å². The van der Waals surface area contributed by atoms with E-state index in [-0.39, 0.29) is 11.3 Å². The molecule has 0 saturated carbocycles. The first-order valence-electron chi connectivity index (χ1n) is 7.97. The van der Waals surface area contributed by atoms with Crippen LogP contribution in [0.1, 0.15) is 21.3 Å². The van der Waals surface area contributed by atoms with Crippen LogP contribution >= 0.6 is 11.8 Å². The monoisotopic (exact) mass is 359 g/mol. The van der Waals surface area contributed by atoms with Crippen LogP contribution in [0, 0.1) is 0 Å². The normalized spacial score (nSPS) is 16.6. The van der Waals surface area contributed by atoms with E-state index in [1.54, 1.807) is 45.2 Å². The number of carbonyl (C=O) groups is 1. The lowest BCUT2D eigenvalue weighted by Gasteiger charge is -2.26. The molecule has 0 unspecified atom stereocenters. The highest BCUT2D eigenvalue weighted by atomic mass is 32.2. The van der Waals surface area contributed by atoms with Gasteiger partial charge in [0.15, 0.2) is 0 Å². The van der Waals surface area contributed by atoms with Gasteiger partial charge in [0.2, 0.25) is 0 Å². The molecule has 2 aromatic rings. The number of methoxy groups -OCH3 is 3. The highest BCUT2D eigenvalue weighted by molar-refractivity contribution is 7.99. The number of nitrogens with zero attached hydrogens (tertiary/aromatic N) is 1. The van der Waals surface area contributed by atoms with Crippen molar-refractivity contribution in [1.82, 2.24) is 4.90 Å². The summed E-state index contributed by atoms with van der Waals surface area (Å²) in [4.78, 5) is 15.0. The second kappa shape index (κ2) is 7.70. The molecule has 2 aromatic carbocycles. The lowest BCUT2D eigenvalue weighted by molar-refractivity contribution is 0.0755. The predicted octanol–water partition coefficient (Wildman–Crippen LogP) is 3.60. The zero-order valence-electron chi connectivity index (χ0n) is 14.5. The molecule has 132 valence electrons. The Morgan fingerprint density at radius 1 is 1.04 bits per heavy atom. The Labute approximate surface area is 151 Å². The van der Waals surface area contributed by atoms with Crippen LogP contribution in [0.4, 0.5) is 0 Å². The minimum atomic E-state index is -0.123. The molecule has 1 saturated heterocycles. The number of rotatable bonds is 5. The second-order valence-electron chi connectivity index (χ2n) is 5.53. The maximum atomic E-state index is 13.1. The molecule has 1 heterocycles. The van der Waals surface area contributed by atoms with E-state index >= 15 is 0 Å². The Bertz CT molecular complexity index is 765. The van der Waals surface area contributed by atoms with Gasteiger partial charge < -0.3 is 19.1 Å². The van der Waals surface area contributed by atoms with Gasteiger partial charge in [-0.05, 0) is 30.3 Å². The molecule has 1 aliphatic rings. The Kier molecular flexibility index (Phi) is 5.38. The van der Waals surface area contributed by atoms with Crippen LogP contribution in [0.2, 0.25) is 0 Å². The van der Waals surface area contributed by atoms with Crippen molar-refractivity contribution in [2.75, 3.05) is 33.6 Å². The average molecular weight is 359 g/mol. The van der Waals surface area contributed by atoms with E-state index in [4.69, 9.17) is 14.2 Å². The Hall–Kier alpha value is -2.34. The van der Waals surface area contributed by atoms with Crippen LogP contribution in [0.3, 0.4) is 0 Å². The molecule has 0 spiro atoms. The molecule has 1 fully saturated rings. The smallest absolute Gasteiger partial charge is 0.258 e. The van der Waals surface area contributed by atoms with Crippen LogP contribution < -0.4 is 14.2 Å². The van der Waals surface area contributed by atoms with Gasteiger partial charge in [-0.15, -0.1) is 11.8 Å². The quantitative estimate of drug-likeness (QED) is 0.816. The van der Waals surface area contributed by atoms with E-state index in [9.17, 15) is 4.79 Å². The number of thioether (sulfide) groups is 1. The first kappa shape index (κ1) is 17.5. The van der Waals surface area contributed by atoms with E-state index in [0.29, 0.717) is 17.9 Å². The second-order valence-corrected chi connectivity index (χ2v) is 6.72. The third kappa shape index (κ3) is 3.39. The fraction of sp³-hybridized carbons (Fsp3) is 0.316. The zero-order chi connectivity index (χ0) is 17.8. The fourth-order valence-electron chi connectivity index (χ4n) is 2.94. The SMILES string of the molecule is COc1ccc(OC)c([C@@H]2SCCN2C(=O)c2ccccc2OC)c1. The summed E-state index contributed by atoms with van der Waals surface area (Å²) < 4.78 is 16.2. The first-order chi connectivity index (χ1) is 12.2. The molecule has 0 aliphatic carbocycles. The van der Waals surface area contributed by atoms with Crippen LogP contribution in [0.5, 0.6) is 17.2 Å². The molecule has 6 heteroatoms. The van der Waals surface area contributed by atoms with Crippen molar-refractivity contribution in [3.8, 4) is 17.2 Å². The van der Waals surface area contributed by atoms with Crippen molar-refractivity contribution < 1.29 is 19.0 Å². The lowest BCUT2D eigenvalue weighted by Crippen LogP contribution is -2.30. The standard InChI is InChI=1S/C19H21NO4S/c1-22-13-8-9-17(24-3)15(12-13)19-20(10-11-25-19)18(21)14-6-4-5-7-16(14)23-2/h4-9,12,19H,10-11H2,1-3H3/t19-/m0/s1. The maximum absolute atomic E-state index is 13.1. The lowest BCUT2D eigenvalue weighted by atomic mass is 10.1. The molecule has 0 N–H and O–H groups in total.